The number of ketones is 1. The van der Waals surface area contributed by atoms with E-state index in [0.717, 1.165) is 87.3 Å². The van der Waals surface area contributed by atoms with E-state index in [1.54, 1.807) is 0 Å². The number of nitrogens with one attached hydrogen (secondary N) is 1. The normalized spacial score (nSPS) is 47.7. The van der Waals surface area contributed by atoms with Crippen LogP contribution >= 0.6 is 0 Å². The summed E-state index contributed by atoms with van der Waals surface area (Å²) in [5, 5.41) is 51.5. The van der Waals surface area contributed by atoms with Crippen LogP contribution < -0.4 is 11.1 Å². The number of hydrogen-bond donors (Lipinski definition) is 6. The number of epoxide rings is 1. The van der Waals surface area contributed by atoms with Gasteiger partial charge in [-0.2, -0.15) is 0 Å². The lowest BCUT2D eigenvalue weighted by atomic mass is 9.39. The zero-order chi connectivity index (χ0) is 38.8. The Kier molecular flexibility index (Phi) is 9.43. The van der Waals surface area contributed by atoms with Crippen LogP contribution in [0.1, 0.15) is 137 Å². The predicted molar refractivity (Wildman–Crippen MR) is 210 cm³/mol. The zero-order valence-electron chi connectivity index (χ0n) is 34.1. The molecule has 0 aromatic carbocycles. The summed E-state index contributed by atoms with van der Waals surface area (Å²) >= 11 is 0. The van der Waals surface area contributed by atoms with Crippen molar-refractivity contribution >= 4 is 5.78 Å². The van der Waals surface area contributed by atoms with Crippen molar-refractivity contribution in [2.75, 3.05) is 19.8 Å². The first-order valence-electron chi connectivity index (χ1n) is 22.4. The van der Waals surface area contributed by atoms with Crippen molar-refractivity contribution < 1.29 is 34.7 Å². The number of ether oxygens (including phenoxy) is 2. The number of fused-ring (bicyclic) bond motifs is 2. The van der Waals surface area contributed by atoms with Gasteiger partial charge in [0, 0.05) is 29.9 Å². The Bertz CT molecular complexity index is 1650. The molecule has 9 rings (SSSR count). The molecule has 9 heteroatoms. The number of carbonyl (C=O) groups excluding carboxylic acids is 1. The summed E-state index contributed by atoms with van der Waals surface area (Å²) < 4.78 is 13.9. The Balaban J connectivity index is 1.07. The maximum Gasteiger partial charge on any atom is 0.162 e. The molecule has 0 spiro atoms. The first kappa shape index (κ1) is 38.8. The van der Waals surface area contributed by atoms with Crippen molar-refractivity contribution in [3.63, 3.8) is 0 Å². The van der Waals surface area contributed by atoms with Crippen LogP contribution in [0.5, 0.6) is 0 Å². The molecule has 3 heterocycles. The van der Waals surface area contributed by atoms with Gasteiger partial charge in [0.15, 0.2) is 5.78 Å². The number of hydrogen-bond acceptors (Lipinski definition) is 9. The molecule has 55 heavy (non-hydrogen) atoms. The molecule has 3 aliphatic heterocycles. The molecule has 306 valence electrons. The molecule has 0 aromatic heterocycles. The minimum atomic E-state index is -1.34. The van der Waals surface area contributed by atoms with Crippen LogP contribution in [-0.2, 0) is 14.3 Å². The fourth-order valence-electron chi connectivity index (χ4n) is 15.3. The monoisotopic (exact) mass is 763 g/mol. The highest BCUT2D eigenvalue weighted by Crippen LogP contribution is 2.76. The lowest BCUT2D eigenvalue weighted by Gasteiger charge is -2.66. The fraction of sp³-hybridized carbons (Fsp3) is 0.848. The maximum absolute atomic E-state index is 15.0. The van der Waals surface area contributed by atoms with Gasteiger partial charge in [-0.25, -0.2) is 0 Å². The summed E-state index contributed by atoms with van der Waals surface area (Å²) in [4.78, 5) is 15.0. The molecule has 6 fully saturated rings. The molecule has 9 aliphatic rings. The fourth-order valence-corrected chi connectivity index (χ4v) is 15.3. The molecule has 4 saturated carbocycles. The Hall–Kier alpha value is -1.75. The highest BCUT2D eigenvalue weighted by atomic mass is 16.6. The van der Waals surface area contributed by atoms with Gasteiger partial charge in [-0.05, 0) is 155 Å². The second-order valence-electron chi connectivity index (χ2n) is 21.0. The van der Waals surface area contributed by atoms with Gasteiger partial charge in [0.1, 0.15) is 17.8 Å². The highest BCUT2D eigenvalue weighted by molar-refractivity contribution is 6.00. The summed E-state index contributed by atoms with van der Waals surface area (Å²) in [7, 11) is 0. The number of nitrogens with two attached hydrogens (primary N) is 1. The predicted octanol–water partition coefficient (Wildman–Crippen LogP) is 5.98. The number of carbonyl (C=O) groups is 1. The number of rotatable bonds is 9. The highest BCUT2D eigenvalue weighted by Gasteiger charge is 2.78. The van der Waals surface area contributed by atoms with Gasteiger partial charge in [-0.1, -0.05) is 46.1 Å². The molecule has 7 N–H and O–H groups in total. The first-order chi connectivity index (χ1) is 26.2. The molecule has 9 nitrogen and oxygen atoms in total. The SMILES string of the molecule is C[C@H]1CCO[C@]([C@H]2C[C@H]3CCC4=C5[C@H](CC[C@@]2(C)[C@]53O)[C@@]2(C3CCCCC3)CC[C@H](O)C[C@H]2C4=O)([C@H]2O[C@@H]2[C@](C)(O)[C@](C)(CO)CCC2=CCNC(N)=C2)C1. The van der Waals surface area contributed by atoms with Crippen molar-refractivity contribution in [2.24, 2.45) is 57.5 Å². The van der Waals surface area contributed by atoms with Crippen molar-refractivity contribution in [3.8, 4) is 0 Å². The van der Waals surface area contributed by atoms with Crippen LogP contribution in [0.2, 0.25) is 0 Å². The molecule has 0 bridgehead atoms. The number of dihydropyridines is 1. The Labute approximate surface area is 328 Å². The molecule has 0 amide bonds. The smallest absolute Gasteiger partial charge is 0.162 e. The van der Waals surface area contributed by atoms with Crippen LogP contribution in [0, 0.1) is 51.8 Å². The minimum Gasteiger partial charge on any atom is -0.396 e. The number of Topliss-reactive ketones (excluding diaryl/α,β-unsaturated/α-hetero) is 1. The van der Waals surface area contributed by atoms with Crippen LogP contribution in [0.25, 0.3) is 0 Å². The van der Waals surface area contributed by atoms with E-state index in [4.69, 9.17) is 15.2 Å². The second kappa shape index (κ2) is 13.4. The molecular weight excluding hydrogens is 693 g/mol. The topological polar surface area (TPSA) is 158 Å². The Morgan fingerprint density at radius 1 is 1.02 bits per heavy atom. The second-order valence-corrected chi connectivity index (χ2v) is 21.0. The van der Waals surface area contributed by atoms with Crippen molar-refractivity contribution in [2.45, 2.75) is 172 Å². The standard InChI is InChI=1S/C46H70N2O7/c1-27-16-21-54-45(25-27,40-39(55-40)43(4,52)41(2,26-49)17-12-28-15-20-48-36(47)22-28)35-23-30-10-11-32-37-33(14-18-42(35,3)46(30,37)53)44(29-8-6-5-7-9-29)19-13-31(50)24-34(44)38(32)51/h15,22,27,29-31,33-35,39-40,48-50,52-53H,5-14,16-21,23-26,47H2,1-4H3/t27-,30+,31-,33-,34-,35-,39-,40-,41-,42+,43-,44-,45+,46+/m0/s1. The summed E-state index contributed by atoms with van der Waals surface area (Å²) in [6, 6.07) is 0. The molecular formula is C46H70N2O7. The van der Waals surface area contributed by atoms with E-state index >= 15 is 0 Å². The molecule has 14 atom stereocenters. The summed E-state index contributed by atoms with van der Waals surface area (Å²) in [5.74, 6) is 1.79. The molecule has 6 aliphatic carbocycles. The minimum absolute atomic E-state index is 0.0172. The third-order valence-electron chi connectivity index (χ3n) is 18.5. The molecule has 0 radical (unpaired) electrons. The summed E-state index contributed by atoms with van der Waals surface area (Å²) in [5.41, 5.74) is 4.49. The van der Waals surface area contributed by atoms with Gasteiger partial charge >= 0.3 is 0 Å². The van der Waals surface area contributed by atoms with Crippen LogP contribution in [-0.4, -0.2) is 81.1 Å². The van der Waals surface area contributed by atoms with E-state index in [1.807, 2.05) is 19.9 Å². The lowest BCUT2D eigenvalue weighted by Crippen LogP contribution is -2.67. The summed E-state index contributed by atoms with van der Waals surface area (Å²) in [6.07, 6.45) is 18.1. The van der Waals surface area contributed by atoms with Gasteiger partial charge in [0.05, 0.1) is 29.7 Å². The molecule has 2 saturated heterocycles. The Morgan fingerprint density at radius 3 is 2.53 bits per heavy atom. The van der Waals surface area contributed by atoms with E-state index in [9.17, 15) is 25.2 Å². The van der Waals surface area contributed by atoms with Gasteiger partial charge < -0.3 is 41.0 Å². The van der Waals surface area contributed by atoms with Crippen molar-refractivity contribution in [1.82, 2.24) is 5.32 Å². The number of aliphatic hydroxyl groups excluding tert-OH is 2. The maximum atomic E-state index is 15.0. The lowest BCUT2D eigenvalue weighted by molar-refractivity contribution is -0.201. The quantitative estimate of drug-likeness (QED) is 0.156. The van der Waals surface area contributed by atoms with Gasteiger partial charge in [0.25, 0.3) is 0 Å². The van der Waals surface area contributed by atoms with Crippen LogP contribution in [0.15, 0.2) is 34.7 Å². The van der Waals surface area contributed by atoms with E-state index in [0.29, 0.717) is 50.1 Å². The third kappa shape index (κ3) is 5.40. The summed E-state index contributed by atoms with van der Waals surface area (Å²) in [6.45, 7) is 9.54. The van der Waals surface area contributed by atoms with Crippen LogP contribution in [0.3, 0.4) is 0 Å². The van der Waals surface area contributed by atoms with Gasteiger partial charge in [-0.3, -0.25) is 4.79 Å². The number of allylic oxidation sites excluding steroid dienone is 3. The van der Waals surface area contributed by atoms with E-state index in [-0.39, 0.29) is 47.6 Å². The Morgan fingerprint density at radius 2 is 1.80 bits per heavy atom. The first-order valence-corrected chi connectivity index (χ1v) is 22.4. The van der Waals surface area contributed by atoms with Crippen molar-refractivity contribution in [1.29, 1.82) is 0 Å². The molecule has 0 unspecified atom stereocenters. The third-order valence-corrected chi connectivity index (χ3v) is 18.5. The average molecular weight is 763 g/mol. The largest absolute Gasteiger partial charge is 0.396 e. The molecule has 0 aromatic rings. The van der Waals surface area contributed by atoms with Gasteiger partial charge in [-0.15, -0.1) is 0 Å². The van der Waals surface area contributed by atoms with E-state index < -0.39 is 39.8 Å². The zero-order valence-corrected chi connectivity index (χ0v) is 34.1. The van der Waals surface area contributed by atoms with Crippen LogP contribution in [0.4, 0.5) is 0 Å². The van der Waals surface area contributed by atoms with Gasteiger partial charge in [0.2, 0.25) is 0 Å². The average Bonchev–Trinajstić information content (AvgIpc) is 3.96. The van der Waals surface area contributed by atoms with E-state index in [1.165, 1.54) is 19.3 Å². The van der Waals surface area contributed by atoms with Crippen molar-refractivity contribution in [3.05, 3.63) is 34.7 Å². The number of aliphatic hydroxyl groups is 4. The van der Waals surface area contributed by atoms with E-state index in [2.05, 4.69) is 25.2 Å².